The van der Waals surface area contributed by atoms with Crippen LogP contribution < -0.4 is 5.73 Å². The number of oxazole rings is 1. The van der Waals surface area contributed by atoms with E-state index in [0.29, 0.717) is 18.1 Å². The maximum absolute atomic E-state index is 13.0. The summed E-state index contributed by atoms with van der Waals surface area (Å²) in [5.74, 6) is 0.204. The summed E-state index contributed by atoms with van der Waals surface area (Å²) in [5, 5.41) is 0. The summed E-state index contributed by atoms with van der Waals surface area (Å²) < 4.78 is 18.3. The third-order valence-corrected chi connectivity index (χ3v) is 3.00. The van der Waals surface area contributed by atoms with Crippen LogP contribution in [0.1, 0.15) is 5.69 Å². The molecule has 0 saturated carbocycles. The summed E-state index contributed by atoms with van der Waals surface area (Å²) in [7, 11) is 0. The lowest BCUT2D eigenvalue weighted by Crippen LogP contribution is -2.02. The van der Waals surface area contributed by atoms with Gasteiger partial charge < -0.3 is 10.2 Å². The third kappa shape index (κ3) is 2.31. The van der Waals surface area contributed by atoms with Crippen molar-refractivity contribution in [2.24, 2.45) is 5.73 Å². The van der Waals surface area contributed by atoms with Crippen molar-refractivity contribution in [3.63, 3.8) is 0 Å². The van der Waals surface area contributed by atoms with Gasteiger partial charge in [0, 0.05) is 18.3 Å². The van der Waals surface area contributed by atoms with Gasteiger partial charge in [-0.05, 0) is 23.8 Å². The van der Waals surface area contributed by atoms with Crippen molar-refractivity contribution in [1.29, 1.82) is 0 Å². The Hall–Kier alpha value is -2.53. The monoisotopic (exact) mass is 269 g/mol. The van der Waals surface area contributed by atoms with Gasteiger partial charge in [0.15, 0.2) is 0 Å². The van der Waals surface area contributed by atoms with Gasteiger partial charge in [-0.1, -0.05) is 12.1 Å². The van der Waals surface area contributed by atoms with Crippen LogP contribution in [0, 0.1) is 5.82 Å². The Morgan fingerprint density at radius 2 is 1.90 bits per heavy atom. The van der Waals surface area contributed by atoms with Gasteiger partial charge in [-0.25, -0.2) is 9.37 Å². The minimum absolute atomic E-state index is 0.270. The van der Waals surface area contributed by atoms with Gasteiger partial charge in [0.2, 0.25) is 5.89 Å². The molecule has 1 aromatic carbocycles. The van der Waals surface area contributed by atoms with Crippen molar-refractivity contribution in [2.45, 2.75) is 6.54 Å². The number of aromatic nitrogens is 2. The molecular weight excluding hydrogens is 257 g/mol. The molecule has 3 rings (SSSR count). The quantitative estimate of drug-likeness (QED) is 0.793. The first-order chi connectivity index (χ1) is 9.78. The molecule has 2 N–H and O–H groups in total. The van der Waals surface area contributed by atoms with Crippen LogP contribution in [0.4, 0.5) is 4.39 Å². The van der Waals surface area contributed by atoms with Gasteiger partial charge in [-0.15, -0.1) is 0 Å². The van der Waals surface area contributed by atoms with Crippen molar-refractivity contribution >= 4 is 0 Å². The lowest BCUT2D eigenvalue weighted by atomic mass is 10.0. The normalized spacial score (nSPS) is 10.7. The molecule has 0 spiro atoms. The van der Waals surface area contributed by atoms with Gasteiger partial charge in [0.05, 0.1) is 17.5 Å². The van der Waals surface area contributed by atoms with Gasteiger partial charge in [0.25, 0.3) is 0 Å². The number of nitrogens with two attached hydrogens (primary N) is 1. The number of hydrogen-bond donors (Lipinski definition) is 1. The first-order valence-corrected chi connectivity index (χ1v) is 6.12. The van der Waals surface area contributed by atoms with Crippen molar-refractivity contribution in [2.75, 3.05) is 0 Å². The Kier molecular flexibility index (Phi) is 3.26. The van der Waals surface area contributed by atoms with E-state index in [1.807, 2.05) is 6.07 Å². The molecular formula is C15H12FN3O. The minimum Gasteiger partial charge on any atom is -0.444 e. The molecule has 5 heteroatoms. The molecule has 2 aromatic heterocycles. The first-order valence-electron chi connectivity index (χ1n) is 6.12. The number of nitrogens with zero attached hydrogens (tertiary/aromatic N) is 2. The molecule has 0 fully saturated rings. The van der Waals surface area contributed by atoms with Crippen molar-refractivity contribution in [3.8, 4) is 22.6 Å². The number of halogens is 1. The average molecular weight is 269 g/mol. The largest absolute Gasteiger partial charge is 0.444 e. The molecule has 2 heterocycles. The molecule has 0 unspecified atom stereocenters. The Balaban J connectivity index is 2.10. The van der Waals surface area contributed by atoms with E-state index in [4.69, 9.17) is 10.2 Å². The van der Waals surface area contributed by atoms with E-state index >= 15 is 0 Å². The molecule has 3 aromatic rings. The molecule has 0 aliphatic rings. The second kappa shape index (κ2) is 5.22. The van der Waals surface area contributed by atoms with E-state index in [9.17, 15) is 4.39 Å². The van der Waals surface area contributed by atoms with Crippen LogP contribution in [-0.4, -0.2) is 9.97 Å². The van der Waals surface area contributed by atoms with Gasteiger partial charge in [0.1, 0.15) is 12.1 Å². The van der Waals surface area contributed by atoms with Crippen LogP contribution in [0.3, 0.4) is 0 Å². The lowest BCUT2D eigenvalue weighted by Gasteiger charge is -2.07. The maximum atomic E-state index is 13.0. The second-order valence-electron chi connectivity index (χ2n) is 4.27. The highest BCUT2D eigenvalue weighted by Gasteiger charge is 2.11. The smallest absolute Gasteiger partial charge is 0.227 e. The first kappa shape index (κ1) is 12.5. The van der Waals surface area contributed by atoms with E-state index in [2.05, 4.69) is 9.97 Å². The standard InChI is InChI=1S/C15H12FN3O/c16-12-3-1-10(2-4-12)11-7-13(14(8-17)19-9-11)15-18-5-6-20-15/h1-7,9H,8,17H2. The summed E-state index contributed by atoms with van der Waals surface area (Å²) in [6.45, 7) is 0.293. The van der Waals surface area contributed by atoms with E-state index in [0.717, 1.165) is 16.7 Å². The van der Waals surface area contributed by atoms with E-state index in [1.54, 1.807) is 24.5 Å². The van der Waals surface area contributed by atoms with Crippen LogP contribution in [0.25, 0.3) is 22.6 Å². The molecule has 0 amide bonds. The Morgan fingerprint density at radius 3 is 2.55 bits per heavy atom. The molecule has 0 atom stereocenters. The molecule has 100 valence electrons. The highest BCUT2D eigenvalue weighted by atomic mass is 19.1. The van der Waals surface area contributed by atoms with Crippen molar-refractivity contribution in [1.82, 2.24) is 9.97 Å². The fourth-order valence-corrected chi connectivity index (χ4v) is 2.00. The lowest BCUT2D eigenvalue weighted by molar-refractivity contribution is 0.573. The minimum atomic E-state index is -0.270. The second-order valence-corrected chi connectivity index (χ2v) is 4.27. The molecule has 0 aliphatic heterocycles. The summed E-state index contributed by atoms with van der Waals surface area (Å²) >= 11 is 0. The number of hydrogen-bond acceptors (Lipinski definition) is 4. The predicted octanol–water partition coefficient (Wildman–Crippen LogP) is 3.00. The number of pyridine rings is 1. The zero-order chi connectivity index (χ0) is 13.9. The van der Waals surface area contributed by atoms with E-state index < -0.39 is 0 Å². The molecule has 0 aliphatic carbocycles. The summed E-state index contributed by atoms with van der Waals surface area (Å²) in [4.78, 5) is 8.45. The SMILES string of the molecule is NCc1ncc(-c2ccc(F)cc2)cc1-c1ncco1. The average Bonchev–Trinajstić information content (AvgIpc) is 3.01. The number of rotatable bonds is 3. The summed E-state index contributed by atoms with van der Waals surface area (Å²) in [6.07, 6.45) is 4.78. The van der Waals surface area contributed by atoms with Crippen LogP contribution >= 0.6 is 0 Å². The Morgan fingerprint density at radius 1 is 1.10 bits per heavy atom. The van der Waals surface area contributed by atoms with Crippen LogP contribution in [-0.2, 0) is 6.54 Å². The van der Waals surface area contributed by atoms with Gasteiger partial charge in [-0.3, -0.25) is 4.98 Å². The van der Waals surface area contributed by atoms with E-state index in [-0.39, 0.29) is 5.82 Å². The van der Waals surface area contributed by atoms with Crippen molar-refractivity contribution < 1.29 is 8.81 Å². The topological polar surface area (TPSA) is 64.9 Å². The van der Waals surface area contributed by atoms with Crippen LogP contribution in [0.15, 0.2) is 53.4 Å². The fourth-order valence-electron chi connectivity index (χ4n) is 2.00. The molecule has 20 heavy (non-hydrogen) atoms. The van der Waals surface area contributed by atoms with Gasteiger partial charge >= 0.3 is 0 Å². The van der Waals surface area contributed by atoms with Gasteiger partial charge in [-0.2, -0.15) is 0 Å². The zero-order valence-electron chi connectivity index (χ0n) is 10.6. The highest BCUT2D eigenvalue weighted by Crippen LogP contribution is 2.27. The zero-order valence-corrected chi connectivity index (χ0v) is 10.6. The maximum Gasteiger partial charge on any atom is 0.227 e. The molecule has 0 bridgehead atoms. The highest BCUT2D eigenvalue weighted by molar-refractivity contribution is 5.70. The third-order valence-electron chi connectivity index (χ3n) is 3.00. The molecule has 0 radical (unpaired) electrons. The van der Waals surface area contributed by atoms with E-state index in [1.165, 1.54) is 18.4 Å². The predicted molar refractivity (Wildman–Crippen MR) is 73.0 cm³/mol. The molecule has 0 saturated heterocycles. The Labute approximate surface area is 115 Å². The van der Waals surface area contributed by atoms with Crippen LogP contribution in [0.2, 0.25) is 0 Å². The summed E-state index contributed by atoms with van der Waals surface area (Å²) in [5.41, 5.74) is 8.87. The number of benzene rings is 1. The Bertz CT molecular complexity index is 708. The van der Waals surface area contributed by atoms with Crippen molar-refractivity contribution in [3.05, 3.63) is 60.5 Å². The fraction of sp³-hybridized carbons (Fsp3) is 0.0667. The molecule has 4 nitrogen and oxygen atoms in total. The summed E-state index contributed by atoms with van der Waals surface area (Å²) in [6, 6.07) is 8.13. The van der Waals surface area contributed by atoms with Crippen LogP contribution in [0.5, 0.6) is 0 Å².